The van der Waals surface area contributed by atoms with Gasteiger partial charge in [-0.15, -0.1) is 5.10 Å². The van der Waals surface area contributed by atoms with Crippen molar-refractivity contribution < 1.29 is 19.1 Å². The molecule has 9 nitrogen and oxygen atoms in total. The molecule has 3 N–H and O–H groups in total. The van der Waals surface area contributed by atoms with Crippen molar-refractivity contribution in [2.45, 2.75) is 51.0 Å². The lowest BCUT2D eigenvalue weighted by Crippen LogP contribution is -2.54. The highest BCUT2D eigenvalue weighted by Gasteiger charge is 2.64. The number of hydrogen-bond donors (Lipinski definition) is 2. The van der Waals surface area contributed by atoms with E-state index in [4.69, 9.17) is 15.2 Å². The van der Waals surface area contributed by atoms with Crippen molar-refractivity contribution in [3.8, 4) is 17.7 Å². The molecule has 0 aliphatic carbocycles. The molecular formula is C28H25N5O4. The first-order valence-electron chi connectivity index (χ1n) is 12.0. The second kappa shape index (κ2) is 7.46. The number of aromatic amines is 1. The molecule has 4 heterocycles. The number of anilines is 1. The minimum Gasteiger partial charge on any atom is -0.423 e. The van der Waals surface area contributed by atoms with Crippen LogP contribution in [0.15, 0.2) is 53.9 Å². The summed E-state index contributed by atoms with van der Waals surface area (Å²) in [6, 6.07) is 14.3. The maximum Gasteiger partial charge on any atom is 0.343 e. The molecule has 3 aliphatic heterocycles. The largest absolute Gasteiger partial charge is 0.423 e. The average molecular weight is 496 g/mol. The fraction of sp³-hybridized carbons (Fsp3) is 0.286. The molecule has 2 aromatic carbocycles. The SMILES string of the molecule is Cc1[nH]nc2c1C1(C(=O)N3c4c(cc(OC(=O)c5ccccc5)cc41)C(C)CC3(C)C)C(C#N)=C(N)O2. The molecule has 6 rings (SSSR count). The molecule has 0 saturated heterocycles. The van der Waals surface area contributed by atoms with Crippen molar-refractivity contribution in [1.82, 2.24) is 10.2 Å². The number of rotatable bonds is 2. The summed E-state index contributed by atoms with van der Waals surface area (Å²) in [5.74, 6) is -0.520. The van der Waals surface area contributed by atoms with Crippen molar-refractivity contribution in [3.63, 3.8) is 0 Å². The van der Waals surface area contributed by atoms with E-state index >= 15 is 0 Å². The Labute approximate surface area is 213 Å². The van der Waals surface area contributed by atoms with Crippen LogP contribution < -0.4 is 20.1 Å². The van der Waals surface area contributed by atoms with Crippen LogP contribution in [-0.2, 0) is 10.2 Å². The first-order valence-corrected chi connectivity index (χ1v) is 12.0. The number of nitrogens with one attached hydrogen (secondary N) is 1. The van der Waals surface area contributed by atoms with Gasteiger partial charge in [0.25, 0.3) is 0 Å². The fourth-order valence-electron chi connectivity index (χ4n) is 6.26. The number of aromatic nitrogens is 2. The lowest BCUT2D eigenvalue weighted by atomic mass is 9.68. The number of esters is 1. The molecule has 9 heteroatoms. The average Bonchev–Trinajstić information content (AvgIpc) is 3.34. The van der Waals surface area contributed by atoms with Crippen LogP contribution in [0.5, 0.6) is 11.6 Å². The van der Waals surface area contributed by atoms with E-state index in [0.717, 1.165) is 5.56 Å². The molecule has 0 saturated carbocycles. The minimum atomic E-state index is -1.59. The van der Waals surface area contributed by atoms with Gasteiger partial charge in [-0.3, -0.25) is 9.89 Å². The molecule has 37 heavy (non-hydrogen) atoms. The highest BCUT2D eigenvalue weighted by atomic mass is 16.5. The number of H-pyrrole nitrogens is 1. The molecular weight excluding hydrogens is 470 g/mol. The fourth-order valence-corrected chi connectivity index (χ4v) is 6.26. The minimum absolute atomic E-state index is 0.0129. The van der Waals surface area contributed by atoms with Gasteiger partial charge in [0.15, 0.2) is 0 Å². The molecule has 3 aliphatic rings. The van der Waals surface area contributed by atoms with Crippen LogP contribution in [0.25, 0.3) is 0 Å². The van der Waals surface area contributed by atoms with Gasteiger partial charge in [-0.05, 0) is 62.9 Å². The number of nitrogens with two attached hydrogens (primary N) is 1. The van der Waals surface area contributed by atoms with Gasteiger partial charge in [0.1, 0.15) is 22.8 Å². The number of nitrogens with zero attached hydrogens (tertiary/aromatic N) is 3. The first-order chi connectivity index (χ1) is 17.6. The van der Waals surface area contributed by atoms with Gasteiger partial charge in [0.2, 0.25) is 17.7 Å². The highest BCUT2D eigenvalue weighted by Crippen LogP contribution is 2.61. The van der Waals surface area contributed by atoms with Crippen LogP contribution >= 0.6 is 0 Å². The van der Waals surface area contributed by atoms with Crippen LogP contribution in [0.4, 0.5) is 5.69 Å². The second-order valence-electron chi connectivity index (χ2n) is 10.5. The van der Waals surface area contributed by atoms with Gasteiger partial charge in [0.05, 0.1) is 16.8 Å². The Hall–Kier alpha value is -4.58. The van der Waals surface area contributed by atoms with Crippen molar-refractivity contribution in [3.05, 3.63) is 81.9 Å². The summed E-state index contributed by atoms with van der Waals surface area (Å²) < 4.78 is 11.5. The van der Waals surface area contributed by atoms with E-state index in [-0.39, 0.29) is 34.9 Å². The van der Waals surface area contributed by atoms with Crippen LogP contribution in [-0.4, -0.2) is 27.6 Å². The zero-order chi connectivity index (χ0) is 26.3. The molecule has 1 aromatic heterocycles. The van der Waals surface area contributed by atoms with E-state index in [9.17, 15) is 14.9 Å². The van der Waals surface area contributed by atoms with E-state index in [1.807, 2.05) is 26.0 Å². The second-order valence-corrected chi connectivity index (χ2v) is 10.5. The van der Waals surface area contributed by atoms with E-state index in [1.165, 1.54) is 0 Å². The number of fused-ring (bicyclic) bond motifs is 3. The smallest absolute Gasteiger partial charge is 0.343 e. The molecule has 0 fully saturated rings. The lowest BCUT2D eigenvalue weighted by Gasteiger charge is -2.44. The summed E-state index contributed by atoms with van der Waals surface area (Å²) in [6.45, 7) is 7.88. The number of benzene rings is 2. The predicted molar refractivity (Wildman–Crippen MR) is 134 cm³/mol. The Kier molecular flexibility index (Phi) is 4.61. The summed E-state index contributed by atoms with van der Waals surface area (Å²) in [6.07, 6.45) is 0.673. The zero-order valence-corrected chi connectivity index (χ0v) is 20.9. The Morgan fingerprint density at radius 1 is 1.30 bits per heavy atom. The molecule has 2 unspecified atom stereocenters. The number of nitriles is 1. The number of ether oxygens (including phenoxy) is 2. The molecule has 2 atom stereocenters. The van der Waals surface area contributed by atoms with Gasteiger partial charge in [-0.2, -0.15) is 5.26 Å². The molecule has 1 amide bonds. The number of aryl methyl sites for hydroxylation is 1. The summed E-state index contributed by atoms with van der Waals surface area (Å²) in [7, 11) is 0. The van der Waals surface area contributed by atoms with Crippen molar-refractivity contribution in [1.29, 1.82) is 5.26 Å². The standard InChI is InChI=1S/C28H25N5O4/c1-14-12-27(3,4)33-22-18(14)10-17(36-25(34)16-8-6-5-7-9-16)11-19(22)28(26(33)35)20(13-29)23(30)37-24-21(28)15(2)31-32-24/h5-11,14H,12,30H2,1-4H3,(H,31,32). The van der Waals surface area contributed by atoms with Crippen LogP contribution in [0.1, 0.15) is 65.9 Å². The first kappa shape index (κ1) is 22.9. The van der Waals surface area contributed by atoms with Gasteiger partial charge < -0.3 is 20.1 Å². The lowest BCUT2D eigenvalue weighted by molar-refractivity contribution is -0.122. The summed E-state index contributed by atoms with van der Waals surface area (Å²) in [5, 5.41) is 17.4. The third-order valence-corrected chi connectivity index (χ3v) is 7.66. The van der Waals surface area contributed by atoms with E-state index in [1.54, 1.807) is 42.2 Å². The maximum atomic E-state index is 14.6. The monoisotopic (exact) mass is 495 g/mol. The van der Waals surface area contributed by atoms with Gasteiger partial charge in [0, 0.05) is 16.8 Å². The number of carbonyl (C=O) groups is 2. The predicted octanol–water partition coefficient (Wildman–Crippen LogP) is 3.94. The number of carbonyl (C=O) groups excluding carboxylic acids is 2. The normalized spacial score (nSPS) is 22.8. The van der Waals surface area contributed by atoms with E-state index in [0.29, 0.717) is 34.5 Å². The van der Waals surface area contributed by atoms with Gasteiger partial charge >= 0.3 is 5.97 Å². The van der Waals surface area contributed by atoms with E-state index in [2.05, 4.69) is 23.2 Å². The summed E-state index contributed by atoms with van der Waals surface area (Å²) in [4.78, 5) is 29.4. The summed E-state index contributed by atoms with van der Waals surface area (Å²) in [5.41, 5.74) is 7.61. The molecule has 0 radical (unpaired) electrons. The van der Waals surface area contributed by atoms with Crippen LogP contribution in [0.2, 0.25) is 0 Å². The van der Waals surface area contributed by atoms with Gasteiger partial charge in [-0.1, -0.05) is 25.1 Å². The molecule has 186 valence electrons. The topological polar surface area (TPSA) is 134 Å². The third kappa shape index (κ3) is 2.87. The van der Waals surface area contributed by atoms with E-state index < -0.39 is 16.9 Å². The Morgan fingerprint density at radius 2 is 2.03 bits per heavy atom. The van der Waals surface area contributed by atoms with Crippen molar-refractivity contribution in [2.75, 3.05) is 4.90 Å². The van der Waals surface area contributed by atoms with Crippen LogP contribution in [0, 0.1) is 18.3 Å². The quantitative estimate of drug-likeness (QED) is 0.406. The summed E-state index contributed by atoms with van der Waals surface area (Å²) >= 11 is 0. The molecule has 0 bridgehead atoms. The zero-order valence-electron chi connectivity index (χ0n) is 20.9. The van der Waals surface area contributed by atoms with Crippen molar-refractivity contribution >= 4 is 17.6 Å². The Bertz CT molecular complexity index is 1580. The Balaban J connectivity index is 1.67. The van der Waals surface area contributed by atoms with Crippen LogP contribution in [0.3, 0.4) is 0 Å². The number of amides is 1. The third-order valence-electron chi connectivity index (χ3n) is 7.66. The maximum absolute atomic E-state index is 14.6. The van der Waals surface area contributed by atoms with Crippen molar-refractivity contribution in [2.24, 2.45) is 5.73 Å². The molecule has 3 aromatic rings. The highest BCUT2D eigenvalue weighted by molar-refractivity contribution is 6.16. The Morgan fingerprint density at radius 3 is 2.73 bits per heavy atom. The molecule has 1 spiro atoms. The van der Waals surface area contributed by atoms with Gasteiger partial charge in [-0.25, -0.2) is 4.79 Å². The number of hydrogen-bond acceptors (Lipinski definition) is 7.